The predicted molar refractivity (Wildman–Crippen MR) is 61.5 cm³/mol. The molecular formula is C12H21NO4. The lowest BCUT2D eigenvalue weighted by Gasteiger charge is -2.52. The number of likely N-dealkylation sites (N-methyl/N-ethyl adjacent to an activating group) is 1. The van der Waals surface area contributed by atoms with Crippen LogP contribution in [0.2, 0.25) is 0 Å². The van der Waals surface area contributed by atoms with Crippen molar-refractivity contribution in [3.63, 3.8) is 0 Å². The van der Waals surface area contributed by atoms with E-state index in [1.165, 1.54) is 7.11 Å². The fraction of sp³-hybridized carbons (Fsp3) is 0.917. The second kappa shape index (κ2) is 4.23. The molecule has 0 aromatic heterocycles. The summed E-state index contributed by atoms with van der Waals surface area (Å²) < 4.78 is 10.1. The second-order valence-electron chi connectivity index (χ2n) is 5.36. The van der Waals surface area contributed by atoms with Gasteiger partial charge in [0.2, 0.25) is 0 Å². The first-order valence-electron chi connectivity index (χ1n) is 5.99. The predicted octanol–water partition coefficient (Wildman–Crippen LogP) is 0.0212. The maximum Gasteiger partial charge on any atom is 0.314 e. The molecule has 0 spiro atoms. The molecule has 1 aliphatic carbocycles. The zero-order valence-corrected chi connectivity index (χ0v) is 10.7. The molecule has 2 aliphatic rings. The van der Waals surface area contributed by atoms with E-state index >= 15 is 0 Å². The third-order valence-electron chi connectivity index (χ3n) is 4.39. The van der Waals surface area contributed by atoms with E-state index in [9.17, 15) is 9.90 Å². The summed E-state index contributed by atoms with van der Waals surface area (Å²) in [7, 11) is 4.97. The average Bonchev–Trinajstić information content (AvgIpc) is 2.58. The first-order valence-corrected chi connectivity index (χ1v) is 5.99. The molecule has 0 bridgehead atoms. The summed E-state index contributed by atoms with van der Waals surface area (Å²) in [6.45, 7) is 1.34. The van der Waals surface area contributed by atoms with Gasteiger partial charge in [0.25, 0.3) is 0 Å². The van der Waals surface area contributed by atoms with Gasteiger partial charge in [-0.25, -0.2) is 0 Å². The Morgan fingerprint density at radius 3 is 2.47 bits per heavy atom. The fourth-order valence-electron chi connectivity index (χ4n) is 3.19. The van der Waals surface area contributed by atoms with Gasteiger partial charge in [0.1, 0.15) is 5.41 Å². The second-order valence-corrected chi connectivity index (χ2v) is 5.36. The number of carbonyl (C=O) groups excluding carboxylic acids is 1. The van der Waals surface area contributed by atoms with Crippen molar-refractivity contribution in [2.45, 2.75) is 31.0 Å². The van der Waals surface area contributed by atoms with Gasteiger partial charge in [-0.2, -0.15) is 0 Å². The van der Waals surface area contributed by atoms with Gasteiger partial charge in [-0.15, -0.1) is 0 Å². The number of hydrogen-bond donors (Lipinski definition) is 1. The zero-order valence-electron chi connectivity index (χ0n) is 10.7. The van der Waals surface area contributed by atoms with E-state index in [-0.39, 0.29) is 12.1 Å². The van der Waals surface area contributed by atoms with Gasteiger partial charge in [0, 0.05) is 20.2 Å². The molecule has 98 valence electrons. The summed E-state index contributed by atoms with van der Waals surface area (Å²) in [6.07, 6.45) is 1.79. The van der Waals surface area contributed by atoms with E-state index in [0.29, 0.717) is 25.8 Å². The number of rotatable bonds is 3. The number of methoxy groups -OCH3 is 2. The van der Waals surface area contributed by atoms with E-state index in [2.05, 4.69) is 0 Å². The maximum atomic E-state index is 12.0. The minimum atomic E-state index is -0.968. The van der Waals surface area contributed by atoms with Crippen molar-refractivity contribution in [1.29, 1.82) is 0 Å². The van der Waals surface area contributed by atoms with Crippen LogP contribution < -0.4 is 0 Å². The molecule has 1 saturated carbocycles. The van der Waals surface area contributed by atoms with E-state index in [1.54, 1.807) is 7.11 Å². The van der Waals surface area contributed by atoms with Crippen molar-refractivity contribution in [3.05, 3.63) is 0 Å². The Morgan fingerprint density at radius 2 is 2.06 bits per heavy atom. The SMILES string of the molecule is COC(=O)C1(C2(O)CCN(C)C2)CC(OC)C1. The first kappa shape index (κ1) is 12.8. The molecule has 2 fully saturated rings. The van der Waals surface area contributed by atoms with Crippen LogP contribution in [0.15, 0.2) is 0 Å². The van der Waals surface area contributed by atoms with Gasteiger partial charge in [0.15, 0.2) is 0 Å². The number of β-amino-alcohol motifs (C(OH)–C–C–N with tert-alkyl or cyclic N) is 1. The molecule has 17 heavy (non-hydrogen) atoms. The molecule has 1 N–H and O–H groups in total. The number of hydrogen-bond acceptors (Lipinski definition) is 5. The Morgan fingerprint density at radius 1 is 1.41 bits per heavy atom. The minimum absolute atomic E-state index is 0.0593. The molecule has 0 radical (unpaired) electrons. The standard InChI is InChI=1S/C12H21NO4/c1-13-5-4-12(15,8-13)11(10(14)17-3)6-9(7-11)16-2/h9,15H,4-8H2,1-3H3. The highest BCUT2D eigenvalue weighted by molar-refractivity contribution is 5.80. The Balaban J connectivity index is 2.20. The van der Waals surface area contributed by atoms with Crippen LogP contribution in [0, 0.1) is 5.41 Å². The average molecular weight is 243 g/mol. The summed E-state index contributed by atoms with van der Waals surface area (Å²) in [5, 5.41) is 10.7. The highest BCUT2D eigenvalue weighted by Gasteiger charge is 2.65. The number of ether oxygens (including phenoxy) is 2. The third kappa shape index (κ3) is 1.77. The maximum absolute atomic E-state index is 12.0. The Hall–Kier alpha value is -0.650. The van der Waals surface area contributed by atoms with Crippen molar-refractivity contribution in [3.8, 4) is 0 Å². The van der Waals surface area contributed by atoms with Crippen LogP contribution in [-0.4, -0.2) is 62.0 Å². The topological polar surface area (TPSA) is 59.0 Å². The molecular weight excluding hydrogens is 222 g/mol. The highest BCUT2D eigenvalue weighted by atomic mass is 16.5. The van der Waals surface area contributed by atoms with E-state index < -0.39 is 11.0 Å². The van der Waals surface area contributed by atoms with Crippen LogP contribution in [0.5, 0.6) is 0 Å². The van der Waals surface area contributed by atoms with Gasteiger partial charge >= 0.3 is 5.97 Å². The monoisotopic (exact) mass is 243 g/mol. The van der Waals surface area contributed by atoms with E-state index in [1.807, 2.05) is 11.9 Å². The molecule has 1 aliphatic heterocycles. The largest absolute Gasteiger partial charge is 0.469 e. The summed E-state index contributed by atoms with van der Waals surface area (Å²) in [5.41, 5.74) is -1.74. The van der Waals surface area contributed by atoms with Crippen LogP contribution >= 0.6 is 0 Å². The molecule has 1 unspecified atom stereocenters. The molecule has 2 rings (SSSR count). The summed E-state index contributed by atoms with van der Waals surface area (Å²) in [5.74, 6) is -0.302. The number of aliphatic hydroxyl groups is 1. The molecule has 1 heterocycles. The van der Waals surface area contributed by atoms with Gasteiger partial charge in [-0.3, -0.25) is 4.79 Å². The summed E-state index contributed by atoms with van der Waals surface area (Å²) in [4.78, 5) is 14.1. The Kier molecular flexibility index (Phi) is 3.18. The Bertz CT molecular complexity index is 314. The lowest BCUT2D eigenvalue weighted by Crippen LogP contribution is -2.63. The molecule has 1 atom stereocenters. The van der Waals surface area contributed by atoms with Crippen molar-refractivity contribution < 1.29 is 19.4 Å². The smallest absolute Gasteiger partial charge is 0.314 e. The van der Waals surface area contributed by atoms with Crippen LogP contribution in [-0.2, 0) is 14.3 Å². The lowest BCUT2D eigenvalue weighted by molar-refractivity contribution is -0.206. The number of carbonyl (C=O) groups is 1. The fourth-order valence-corrected chi connectivity index (χ4v) is 3.19. The lowest BCUT2D eigenvalue weighted by atomic mass is 9.56. The van der Waals surface area contributed by atoms with Crippen LogP contribution in [0.3, 0.4) is 0 Å². The van der Waals surface area contributed by atoms with Crippen LogP contribution in [0.4, 0.5) is 0 Å². The first-order chi connectivity index (χ1) is 7.97. The summed E-state index contributed by atoms with van der Waals surface area (Å²) in [6, 6.07) is 0. The minimum Gasteiger partial charge on any atom is -0.469 e. The zero-order chi connectivity index (χ0) is 12.7. The van der Waals surface area contributed by atoms with Gasteiger partial charge in [0.05, 0.1) is 18.8 Å². The van der Waals surface area contributed by atoms with Crippen molar-refractivity contribution in [2.24, 2.45) is 5.41 Å². The number of nitrogens with zero attached hydrogens (tertiary/aromatic N) is 1. The van der Waals surface area contributed by atoms with Crippen molar-refractivity contribution in [1.82, 2.24) is 4.90 Å². The van der Waals surface area contributed by atoms with Crippen LogP contribution in [0.1, 0.15) is 19.3 Å². The van der Waals surface area contributed by atoms with Crippen molar-refractivity contribution in [2.75, 3.05) is 34.4 Å². The Labute approximate surface area is 102 Å². The molecule has 0 aromatic rings. The van der Waals surface area contributed by atoms with Gasteiger partial charge in [-0.1, -0.05) is 0 Å². The third-order valence-corrected chi connectivity index (χ3v) is 4.39. The highest BCUT2D eigenvalue weighted by Crippen LogP contribution is 2.54. The molecule has 5 nitrogen and oxygen atoms in total. The van der Waals surface area contributed by atoms with Crippen LogP contribution in [0.25, 0.3) is 0 Å². The van der Waals surface area contributed by atoms with Gasteiger partial charge < -0.3 is 19.5 Å². The molecule has 5 heteroatoms. The molecule has 1 saturated heterocycles. The number of esters is 1. The quantitative estimate of drug-likeness (QED) is 0.708. The van der Waals surface area contributed by atoms with Gasteiger partial charge in [-0.05, 0) is 26.3 Å². The summed E-state index contributed by atoms with van der Waals surface area (Å²) >= 11 is 0. The number of likely N-dealkylation sites (tertiary alicyclic amines) is 1. The molecule has 0 amide bonds. The van der Waals surface area contributed by atoms with E-state index in [0.717, 1.165) is 6.54 Å². The molecule has 0 aromatic carbocycles. The normalized spacial score (nSPS) is 42.2. The van der Waals surface area contributed by atoms with E-state index in [4.69, 9.17) is 9.47 Å². The van der Waals surface area contributed by atoms with Crippen molar-refractivity contribution >= 4 is 5.97 Å².